The van der Waals surface area contributed by atoms with Gasteiger partial charge in [-0.2, -0.15) is 0 Å². The van der Waals surface area contributed by atoms with Crippen LogP contribution < -0.4 is 0 Å². The lowest BCUT2D eigenvalue weighted by atomic mass is 9.94. The summed E-state index contributed by atoms with van der Waals surface area (Å²) in [6, 6.07) is 1.12. The number of urea groups is 1. The molecule has 4 rings (SSSR count). The fraction of sp³-hybridized carbons (Fsp3) is 0.600. The molecule has 0 aromatic carbocycles. The minimum atomic E-state index is -0.552. The Labute approximate surface area is 159 Å². The van der Waals surface area contributed by atoms with E-state index in [2.05, 4.69) is 4.98 Å². The molecule has 0 radical (unpaired) electrons. The highest BCUT2D eigenvalue weighted by atomic mass is 16.2. The van der Waals surface area contributed by atoms with Gasteiger partial charge in [-0.05, 0) is 37.8 Å². The molecule has 1 aromatic rings. The molecule has 1 aliphatic carbocycles. The predicted molar refractivity (Wildman–Crippen MR) is 99.1 cm³/mol. The van der Waals surface area contributed by atoms with Crippen LogP contribution in [0, 0.1) is 6.92 Å². The zero-order chi connectivity index (χ0) is 19.0. The van der Waals surface area contributed by atoms with Crippen molar-refractivity contribution in [3.63, 3.8) is 0 Å². The molecule has 4 amide bonds. The van der Waals surface area contributed by atoms with Crippen LogP contribution in [0.4, 0.5) is 4.79 Å². The third-order valence-corrected chi connectivity index (χ3v) is 5.92. The molecule has 144 valence electrons. The van der Waals surface area contributed by atoms with E-state index in [1.54, 1.807) is 22.2 Å². The lowest BCUT2D eigenvalue weighted by molar-refractivity contribution is -0.130. The van der Waals surface area contributed by atoms with Gasteiger partial charge in [0.1, 0.15) is 6.04 Å². The Bertz CT molecular complexity index is 759. The van der Waals surface area contributed by atoms with Crippen LogP contribution in [0.3, 0.4) is 0 Å². The molecule has 1 unspecified atom stereocenters. The summed E-state index contributed by atoms with van der Waals surface area (Å²) in [7, 11) is 0. The number of fused-ring (bicyclic) bond motifs is 1. The topological polar surface area (TPSA) is 73.8 Å². The highest BCUT2D eigenvalue weighted by Gasteiger charge is 2.49. The molecule has 1 aromatic heterocycles. The molecule has 7 heteroatoms. The van der Waals surface area contributed by atoms with Gasteiger partial charge in [0.05, 0.1) is 12.1 Å². The maximum Gasteiger partial charge on any atom is 0.327 e. The molecule has 2 aliphatic heterocycles. The van der Waals surface area contributed by atoms with Crippen molar-refractivity contribution in [2.45, 2.75) is 57.5 Å². The largest absolute Gasteiger partial charge is 0.336 e. The van der Waals surface area contributed by atoms with Crippen LogP contribution in [0.2, 0.25) is 0 Å². The molecule has 27 heavy (non-hydrogen) atoms. The molecular weight excluding hydrogens is 344 g/mol. The van der Waals surface area contributed by atoms with Gasteiger partial charge in [0.25, 0.3) is 11.8 Å². The van der Waals surface area contributed by atoms with E-state index in [0.717, 1.165) is 31.2 Å². The summed E-state index contributed by atoms with van der Waals surface area (Å²) in [4.78, 5) is 47.9. The number of hydrogen-bond acceptors (Lipinski definition) is 4. The van der Waals surface area contributed by atoms with Crippen molar-refractivity contribution < 1.29 is 14.4 Å². The molecule has 1 atom stereocenters. The van der Waals surface area contributed by atoms with E-state index in [4.69, 9.17) is 0 Å². The van der Waals surface area contributed by atoms with E-state index in [9.17, 15) is 14.4 Å². The molecule has 7 nitrogen and oxygen atoms in total. The van der Waals surface area contributed by atoms with Crippen molar-refractivity contribution in [1.82, 2.24) is 19.7 Å². The van der Waals surface area contributed by atoms with Crippen LogP contribution in [0.1, 0.15) is 54.4 Å². The first-order valence-corrected chi connectivity index (χ1v) is 9.91. The van der Waals surface area contributed by atoms with Crippen LogP contribution >= 0.6 is 0 Å². The van der Waals surface area contributed by atoms with Crippen molar-refractivity contribution >= 4 is 17.8 Å². The maximum atomic E-state index is 13.1. The lowest BCUT2D eigenvalue weighted by Crippen LogP contribution is -2.45. The van der Waals surface area contributed by atoms with E-state index < -0.39 is 6.04 Å². The molecule has 3 fully saturated rings. The summed E-state index contributed by atoms with van der Waals surface area (Å²) in [5.74, 6) is -0.251. The number of aromatic nitrogens is 1. The number of carbonyl (C=O) groups is 3. The average Bonchev–Trinajstić information content (AvgIpc) is 2.83. The normalized spacial score (nSPS) is 24.2. The van der Waals surface area contributed by atoms with Crippen LogP contribution in [0.25, 0.3) is 0 Å². The molecule has 1 saturated carbocycles. The van der Waals surface area contributed by atoms with Gasteiger partial charge in [-0.25, -0.2) is 4.79 Å². The van der Waals surface area contributed by atoms with E-state index in [-0.39, 0.29) is 30.4 Å². The molecule has 0 N–H and O–H groups in total. The number of imide groups is 1. The van der Waals surface area contributed by atoms with Gasteiger partial charge in [0.15, 0.2) is 0 Å². The third kappa shape index (κ3) is 3.31. The summed E-state index contributed by atoms with van der Waals surface area (Å²) in [5, 5.41) is 0. The number of pyridine rings is 1. The van der Waals surface area contributed by atoms with E-state index >= 15 is 0 Å². The summed E-state index contributed by atoms with van der Waals surface area (Å²) in [6.07, 6.45) is 9.06. The van der Waals surface area contributed by atoms with Gasteiger partial charge in [0, 0.05) is 31.5 Å². The SMILES string of the molecule is Cc1cncc(C(=O)N2CCCN3C(=O)N(C4CCCCC4)C(=O)C3C2)c1. The molecule has 0 bridgehead atoms. The molecular formula is C20H26N4O3. The number of rotatable bonds is 2. The van der Waals surface area contributed by atoms with Gasteiger partial charge in [-0.3, -0.25) is 19.5 Å². The smallest absolute Gasteiger partial charge is 0.327 e. The van der Waals surface area contributed by atoms with Gasteiger partial charge in [-0.15, -0.1) is 0 Å². The summed E-state index contributed by atoms with van der Waals surface area (Å²) >= 11 is 0. The Balaban J connectivity index is 1.53. The summed E-state index contributed by atoms with van der Waals surface area (Å²) in [6.45, 7) is 3.23. The van der Waals surface area contributed by atoms with Crippen LogP contribution in [-0.4, -0.2) is 69.2 Å². The van der Waals surface area contributed by atoms with Gasteiger partial charge >= 0.3 is 6.03 Å². The first-order valence-electron chi connectivity index (χ1n) is 9.91. The molecule has 3 aliphatic rings. The maximum absolute atomic E-state index is 13.1. The fourth-order valence-electron chi connectivity index (χ4n) is 4.53. The average molecular weight is 370 g/mol. The van der Waals surface area contributed by atoms with Gasteiger partial charge < -0.3 is 9.80 Å². The minimum Gasteiger partial charge on any atom is -0.336 e. The fourth-order valence-corrected chi connectivity index (χ4v) is 4.53. The number of amides is 4. The van der Waals surface area contributed by atoms with Crippen LogP contribution in [-0.2, 0) is 4.79 Å². The number of hydrogen-bond donors (Lipinski definition) is 0. The Morgan fingerprint density at radius 1 is 1.07 bits per heavy atom. The highest BCUT2D eigenvalue weighted by molar-refractivity contribution is 6.05. The number of carbonyl (C=O) groups excluding carboxylic acids is 3. The second-order valence-corrected chi connectivity index (χ2v) is 7.85. The monoisotopic (exact) mass is 370 g/mol. The molecule has 2 saturated heterocycles. The van der Waals surface area contributed by atoms with E-state index in [1.807, 2.05) is 13.0 Å². The predicted octanol–water partition coefficient (Wildman–Crippen LogP) is 2.20. The zero-order valence-electron chi connectivity index (χ0n) is 15.8. The van der Waals surface area contributed by atoms with Crippen molar-refractivity contribution in [3.05, 3.63) is 29.6 Å². The molecule has 0 spiro atoms. The van der Waals surface area contributed by atoms with Crippen LogP contribution in [0.5, 0.6) is 0 Å². The van der Waals surface area contributed by atoms with Gasteiger partial charge in [-0.1, -0.05) is 19.3 Å². The van der Waals surface area contributed by atoms with E-state index in [1.165, 1.54) is 11.3 Å². The minimum absolute atomic E-state index is 0.0239. The summed E-state index contributed by atoms with van der Waals surface area (Å²) in [5.41, 5.74) is 1.46. The number of nitrogens with zero attached hydrogens (tertiary/aromatic N) is 4. The first kappa shape index (κ1) is 17.9. The van der Waals surface area contributed by atoms with Crippen LogP contribution in [0.15, 0.2) is 18.5 Å². The van der Waals surface area contributed by atoms with Gasteiger partial charge in [0.2, 0.25) is 0 Å². The van der Waals surface area contributed by atoms with Crippen molar-refractivity contribution in [3.8, 4) is 0 Å². The Hall–Kier alpha value is -2.44. The second kappa shape index (κ2) is 7.29. The zero-order valence-corrected chi connectivity index (χ0v) is 15.8. The third-order valence-electron chi connectivity index (χ3n) is 5.92. The van der Waals surface area contributed by atoms with Crippen molar-refractivity contribution in [2.75, 3.05) is 19.6 Å². The number of aryl methyl sites for hydroxylation is 1. The molecule has 3 heterocycles. The summed E-state index contributed by atoms with van der Waals surface area (Å²) < 4.78 is 0. The lowest BCUT2D eigenvalue weighted by Gasteiger charge is -2.29. The second-order valence-electron chi connectivity index (χ2n) is 7.85. The van der Waals surface area contributed by atoms with Crippen molar-refractivity contribution in [1.29, 1.82) is 0 Å². The van der Waals surface area contributed by atoms with Crippen molar-refractivity contribution in [2.24, 2.45) is 0 Å². The standard InChI is InChI=1S/C20H26N4O3/c1-14-10-15(12-21-11-14)18(25)22-8-5-9-23-17(13-22)19(26)24(20(23)27)16-6-3-2-4-7-16/h10-12,16-17H,2-9,13H2,1H3. The Morgan fingerprint density at radius 2 is 1.85 bits per heavy atom. The Kier molecular flexibility index (Phi) is 4.85. The first-order chi connectivity index (χ1) is 13.1. The Morgan fingerprint density at radius 3 is 2.59 bits per heavy atom. The van der Waals surface area contributed by atoms with E-state index in [0.29, 0.717) is 25.1 Å². The highest BCUT2D eigenvalue weighted by Crippen LogP contribution is 2.30. The quantitative estimate of drug-likeness (QED) is 0.748.